The van der Waals surface area contributed by atoms with Gasteiger partial charge in [0.1, 0.15) is 5.82 Å². The van der Waals surface area contributed by atoms with E-state index in [1.165, 1.54) is 25.1 Å². The van der Waals surface area contributed by atoms with Crippen LogP contribution in [0.5, 0.6) is 0 Å². The molecule has 1 aromatic rings. The zero-order chi connectivity index (χ0) is 12.6. The fourth-order valence-corrected chi connectivity index (χ4v) is 2.07. The van der Waals surface area contributed by atoms with Gasteiger partial charge < -0.3 is 10.4 Å². The number of hydrogen-bond acceptors (Lipinski definition) is 3. The van der Waals surface area contributed by atoms with Gasteiger partial charge in [-0.1, -0.05) is 11.6 Å². The number of nitrogens with zero attached hydrogens (tertiary/aromatic N) is 1. The Labute approximate surface area is 105 Å². The van der Waals surface area contributed by atoms with Crippen molar-refractivity contribution in [3.05, 3.63) is 22.8 Å². The molecule has 1 heterocycles. The molecule has 0 atom stereocenters. The predicted molar refractivity (Wildman–Crippen MR) is 66.6 cm³/mol. The minimum atomic E-state index is -1.02. The largest absolute Gasteiger partial charge is 0.478 e. The lowest BCUT2D eigenvalue weighted by Gasteiger charge is -2.27. The van der Waals surface area contributed by atoms with Crippen LogP contribution in [-0.2, 0) is 0 Å². The summed E-state index contributed by atoms with van der Waals surface area (Å²) in [5.74, 6) is 0.167. The van der Waals surface area contributed by atoms with Gasteiger partial charge in [-0.3, -0.25) is 0 Å². The second-order valence-corrected chi connectivity index (χ2v) is 5.39. The lowest BCUT2D eigenvalue weighted by molar-refractivity contribution is 0.0696. The molecule has 0 aliphatic heterocycles. The molecule has 5 heteroatoms. The molecule has 92 valence electrons. The minimum Gasteiger partial charge on any atom is -0.478 e. The monoisotopic (exact) mass is 254 g/mol. The fourth-order valence-electron chi connectivity index (χ4n) is 1.86. The van der Waals surface area contributed by atoms with Crippen LogP contribution in [0.1, 0.15) is 37.0 Å². The maximum absolute atomic E-state index is 10.7. The van der Waals surface area contributed by atoms with Crippen molar-refractivity contribution in [2.75, 3.05) is 5.32 Å². The molecule has 1 aliphatic carbocycles. The van der Waals surface area contributed by atoms with Crippen LogP contribution in [0, 0.1) is 5.92 Å². The first-order chi connectivity index (χ1) is 7.90. The first-order valence-corrected chi connectivity index (χ1v) is 5.95. The van der Waals surface area contributed by atoms with E-state index in [1.54, 1.807) is 0 Å². The van der Waals surface area contributed by atoms with Crippen molar-refractivity contribution in [3.8, 4) is 0 Å². The Kier molecular flexibility index (Phi) is 3.00. The van der Waals surface area contributed by atoms with Crippen LogP contribution in [0.15, 0.2) is 12.3 Å². The molecule has 1 aromatic heterocycles. The molecule has 17 heavy (non-hydrogen) atoms. The number of aromatic nitrogens is 1. The molecule has 0 unspecified atom stereocenters. The van der Waals surface area contributed by atoms with E-state index in [0.717, 1.165) is 0 Å². The smallest absolute Gasteiger partial charge is 0.337 e. The number of carboxylic acids is 1. The maximum Gasteiger partial charge on any atom is 0.337 e. The lowest BCUT2D eigenvalue weighted by atomic mass is 9.99. The summed E-state index contributed by atoms with van der Waals surface area (Å²) in [6.07, 6.45) is 3.75. The molecule has 2 rings (SSSR count). The van der Waals surface area contributed by atoms with Crippen molar-refractivity contribution in [2.24, 2.45) is 5.92 Å². The Bertz CT molecular complexity index is 456. The molecule has 0 spiro atoms. The Morgan fingerprint density at radius 1 is 1.59 bits per heavy atom. The third-order valence-electron chi connectivity index (χ3n) is 3.13. The predicted octanol–water partition coefficient (Wildman–Crippen LogP) is 3.03. The summed E-state index contributed by atoms with van der Waals surface area (Å²) in [5, 5.41) is 12.4. The van der Waals surface area contributed by atoms with Crippen LogP contribution >= 0.6 is 11.6 Å². The average molecular weight is 255 g/mol. The van der Waals surface area contributed by atoms with Crippen LogP contribution in [0.2, 0.25) is 5.02 Å². The van der Waals surface area contributed by atoms with E-state index in [-0.39, 0.29) is 11.1 Å². The maximum atomic E-state index is 10.7. The number of nitrogens with one attached hydrogen (secondary N) is 1. The Balaban J connectivity index is 2.19. The van der Waals surface area contributed by atoms with Crippen LogP contribution in [0.3, 0.4) is 0 Å². The zero-order valence-electron chi connectivity index (χ0n) is 9.83. The number of hydrogen-bond donors (Lipinski definition) is 2. The molecule has 1 saturated carbocycles. The molecule has 1 aliphatic rings. The standard InChI is InChI=1S/C12H15ClN2O2/c1-12(2,8-3-4-8)15-10-9(13)5-7(6-14-10)11(16)17/h5-6,8H,3-4H2,1-2H3,(H,14,15)(H,16,17). The van der Waals surface area contributed by atoms with E-state index in [2.05, 4.69) is 24.1 Å². The second kappa shape index (κ2) is 4.18. The molecule has 0 bridgehead atoms. The van der Waals surface area contributed by atoms with E-state index in [0.29, 0.717) is 16.8 Å². The van der Waals surface area contributed by atoms with Crippen LogP contribution < -0.4 is 5.32 Å². The lowest BCUT2D eigenvalue weighted by Crippen LogP contribution is -2.33. The first-order valence-electron chi connectivity index (χ1n) is 5.57. The van der Waals surface area contributed by atoms with Gasteiger partial charge in [-0.2, -0.15) is 0 Å². The number of pyridine rings is 1. The van der Waals surface area contributed by atoms with E-state index in [4.69, 9.17) is 16.7 Å². The number of aromatic carboxylic acids is 1. The average Bonchev–Trinajstić information content (AvgIpc) is 3.04. The van der Waals surface area contributed by atoms with E-state index < -0.39 is 5.97 Å². The van der Waals surface area contributed by atoms with Gasteiger partial charge in [-0.25, -0.2) is 9.78 Å². The normalized spacial score (nSPS) is 15.7. The highest BCUT2D eigenvalue weighted by Gasteiger charge is 2.38. The van der Waals surface area contributed by atoms with E-state index >= 15 is 0 Å². The van der Waals surface area contributed by atoms with Crippen LogP contribution in [-0.4, -0.2) is 21.6 Å². The fraction of sp³-hybridized carbons (Fsp3) is 0.500. The SMILES string of the molecule is CC(C)(Nc1ncc(C(=O)O)cc1Cl)C1CC1. The molecule has 0 saturated heterocycles. The van der Waals surface area contributed by atoms with Crippen molar-refractivity contribution in [1.82, 2.24) is 4.98 Å². The minimum absolute atomic E-state index is 0.0542. The van der Waals surface area contributed by atoms with Gasteiger partial charge in [0.05, 0.1) is 10.6 Å². The van der Waals surface area contributed by atoms with Crippen molar-refractivity contribution in [3.63, 3.8) is 0 Å². The zero-order valence-corrected chi connectivity index (χ0v) is 10.6. The second-order valence-electron chi connectivity index (χ2n) is 4.98. The summed E-state index contributed by atoms with van der Waals surface area (Å²) < 4.78 is 0. The van der Waals surface area contributed by atoms with Crippen LogP contribution in [0.4, 0.5) is 5.82 Å². The highest BCUT2D eigenvalue weighted by molar-refractivity contribution is 6.33. The molecule has 0 amide bonds. The van der Waals surface area contributed by atoms with Crippen molar-refractivity contribution < 1.29 is 9.90 Å². The molecular formula is C12H15ClN2O2. The number of halogens is 1. The Morgan fingerprint density at radius 3 is 2.71 bits per heavy atom. The quantitative estimate of drug-likeness (QED) is 0.867. The Morgan fingerprint density at radius 2 is 2.24 bits per heavy atom. The molecule has 0 radical (unpaired) electrons. The van der Waals surface area contributed by atoms with Crippen LogP contribution in [0.25, 0.3) is 0 Å². The summed E-state index contributed by atoms with van der Waals surface area (Å²) in [6, 6.07) is 1.42. The number of carboxylic acid groups (broad SMARTS) is 1. The van der Waals surface area contributed by atoms with Gasteiger partial charge in [0.25, 0.3) is 0 Å². The van der Waals surface area contributed by atoms with E-state index in [1.807, 2.05) is 0 Å². The summed E-state index contributed by atoms with van der Waals surface area (Å²) in [5.41, 5.74) is 0.0475. The molecular weight excluding hydrogens is 240 g/mol. The summed E-state index contributed by atoms with van der Waals surface area (Å²) in [6.45, 7) is 4.21. The summed E-state index contributed by atoms with van der Waals surface area (Å²) in [4.78, 5) is 14.8. The van der Waals surface area contributed by atoms with Crippen molar-refractivity contribution in [1.29, 1.82) is 0 Å². The van der Waals surface area contributed by atoms with Gasteiger partial charge in [-0.15, -0.1) is 0 Å². The molecule has 0 aromatic carbocycles. The topological polar surface area (TPSA) is 62.2 Å². The number of rotatable bonds is 4. The van der Waals surface area contributed by atoms with Gasteiger partial charge in [-0.05, 0) is 38.7 Å². The third kappa shape index (κ3) is 2.69. The van der Waals surface area contributed by atoms with Gasteiger partial charge in [0.2, 0.25) is 0 Å². The molecule has 4 nitrogen and oxygen atoms in total. The first kappa shape index (κ1) is 12.2. The summed E-state index contributed by atoms with van der Waals surface area (Å²) >= 11 is 6.02. The Hall–Kier alpha value is -1.29. The molecule has 1 fully saturated rings. The number of anilines is 1. The third-order valence-corrected chi connectivity index (χ3v) is 3.41. The van der Waals surface area contributed by atoms with Crippen molar-refractivity contribution >= 4 is 23.4 Å². The van der Waals surface area contributed by atoms with Gasteiger partial charge in [0, 0.05) is 11.7 Å². The van der Waals surface area contributed by atoms with Crippen molar-refractivity contribution in [2.45, 2.75) is 32.2 Å². The van der Waals surface area contributed by atoms with Gasteiger partial charge >= 0.3 is 5.97 Å². The summed E-state index contributed by atoms with van der Waals surface area (Å²) in [7, 11) is 0. The highest BCUT2D eigenvalue weighted by Crippen LogP contribution is 2.41. The highest BCUT2D eigenvalue weighted by atomic mass is 35.5. The van der Waals surface area contributed by atoms with Gasteiger partial charge in [0.15, 0.2) is 0 Å². The molecule has 2 N–H and O–H groups in total. The number of carbonyl (C=O) groups is 1. The van der Waals surface area contributed by atoms with E-state index in [9.17, 15) is 4.79 Å².